The van der Waals surface area contributed by atoms with Crippen LogP contribution in [-0.2, 0) is 0 Å². The molecule has 0 amide bonds. The maximum absolute atomic E-state index is 13.5. The highest BCUT2D eigenvalue weighted by molar-refractivity contribution is 9.10. The SMILES string of the molecule is NNC(CC(F)(F)F)c1c(F)ccc(Br)c1F. The predicted molar refractivity (Wildman–Crippen MR) is 54.8 cm³/mol. The highest BCUT2D eigenvalue weighted by atomic mass is 79.9. The maximum Gasteiger partial charge on any atom is 0.390 e. The number of rotatable bonds is 3. The lowest BCUT2D eigenvalue weighted by Gasteiger charge is -2.19. The van der Waals surface area contributed by atoms with Gasteiger partial charge in [0.15, 0.2) is 0 Å². The molecule has 2 nitrogen and oxygen atoms in total. The summed E-state index contributed by atoms with van der Waals surface area (Å²) in [4.78, 5) is 0. The molecule has 0 aliphatic rings. The van der Waals surface area contributed by atoms with Crippen molar-refractivity contribution in [3.8, 4) is 0 Å². The Labute approximate surface area is 102 Å². The summed E-state index contributed by atoms with van der Waals surface area (Å²) >= 11 is 2.77. The van der Waals surface area contributed by atoms with Gasteiger partial charge in [0.25, 0.3) is 0 Å². The molecule has 1 atom stereocenters. The summed E-state index contributed by atoms with van der Waals surface area (Å²) in [6.07, 6.45) is -6.05. The van der Waals surface area contributed by atoms with Crippen molar-refractivity contribution in [3.63, 3.8) is 0 Å². The van der Waals surface area contributed by atoms with Crippen molar-refractivity contribution >= 4 is 15.9 Å². The van der Waals surface area contributed by atoms with Crippen molar-refractivity contribution in [3.05, 3.63) is 33.8 Å². The van der Waals surface area contributed by atoms with Gasteiger partial charge in [0.2, 0.25) is 0 Å². The van der Waals surface area contributed by atoms with Crippen LogP contribution >= 0.6 is 15.9 Å². The van der Waals surface area contributed by atoms with Crippen LogP contribution in [-0.4, -0.2) is 6.18 Å². The van der Waals surface area contributed by atoms with Crippen LogP contribution in [0.25, 0.3) is 0 Å². The Balaban J connectivity index is 3.16. The minimum Gasteiger partial charge on any atom is -0.271 e. The molecule has 96 valence electrons. The molecule has 0 heterocycles. The number of hydrogen-bond acceptors (Lipinski definition) is 2. The first-order valence-corrected chi connectivity index (χ1v) is 5.22. The van der Waals surface area contributed by atoms with Gasteiger partial charge in [-0.1, -0.05) is 0 Å². The zero-order chi connectivity index (χ0) is 13.2. The van der Waals surface area contributed by atoms with E-state index < -0.39 is 35.8 Å². The largest absolute Gasteiger partial charge is 0.390 e. The summed E-state index contributed by atoms with van der Waals surface area (Å²) in [5.74, 6) is 2.72. The number of nitrogens with one attached hydrogen (secondary N) is 1. The Morgan fingerprint density at radius 2 is 1.88 bits per heavy atom. The Kier molecular flexibility index (Phi) is 4.45. The zero-order valence-corrected chi connectivity index (χ0v) is 9.87. The van der Waals surface area contributed by atoms with Gasteiger partial charge < -0.3 is 0 Å². The molecular formula is C9H8BrF5N2. The zero-order valence-electron chi connectivity index (χ0n) is 8.28. The van der Waals surface area contributed by atoms with Gasteiger partial charge in [-0.05, 0) is 28.1 Å². The molecule has 17 heavy (non-hydrogen) atoms. The number of hydrazine groups is 1. The van der Waals surface area contributed by atoms with Gasteiger partial charge in [0.05, 0.1) is 16.9 Å². The molecule has 0 aliphatic carbocycles. The third kappa shape index (κ3) is 3.62. The molecule has 0 radical (unpaired) electrons. The average molecular weight is 319 g/mol. The Bertz CT molecular complexity index is 407. The quantitative estimate of drug-likeness (QED) is 0.389. The molecule has 1 rings (SSSR count). The Hall–Kier alpha value is -0.730. The number of hydrogen-bond donors (Lipinski definition) is 2. The predicted octanol–water partition coefficient (Wildman–Crippen LogP) is 3.18. The summed E-state index contributed by atoms with van der Waals surface area (Å²) in [6.45, 7) is 0. The first-order chi connectivity index (χ1) is 7.76. The van der Waals surface area contributed by atoms with Crippen LogP contribution in [0.15, 0.2) is 16.6 Å². The van der Waals surface area contributed by atoms with Gasteiger partial charge in [-0.2, -0.15) is 13.2 Å². The normalized spacial score (nSPS) is 13.8. The molecule has 8 heteroatoms. The van der Waals surface area contributed by atoms with Crippen LogP contribution in [0, 0.1) is 11.6 Å². The molecule has 0 spiro atoms. The van der Waals surface area contributed by atoms with Crippen molar-refractivity contribution in [1.29, 1.82) is 0 Å². The summed E-state index contributed by atoms with van der Waals surface area (Å²) in [5, 5.41) is 0. The van der Waals surface area contributed by atoms with Gasteiger partial charge >= 0.3 is 6.18 Å². The third-order valence-corrected chi connectivity index (χ3v) is 2.68. The van der Waals surface area contributed by atoms with E-state index in [1.165, 1.54) is 0 Å². The van der Waals surface area contributed by atoms with E-state index in [-0.39, 0.29) is 4.47 Å². The van der Waals surface area contributed by atoms with Crippen LogP contribution in [0.1, 0.15) is 18.0 Å². The van der Waals surface area contributed by atoms with Crippen LogP contribution < -0.4 is 11.3 Å². The van der Waals surface area contributed by atoms with Crippen LogP contribution in [0.3, 0.4) is 0 Å². The molecule has 1 aromatic carbocycles. The number of halogens is 6. The first kappa shape index (κ1) is 14.3. The molecule has 0 aromatic heterocycles. The molecule has 0 saturated heterocycles. The van der Waals surface area contributed by atoms with E-state index in [1.807, 2.05) is 0 Å². The minimum atomic E-state index is -4.59. The lowest BCUT2D eigenvalue weighted by molar-refractivity contribution is -0.140. The molecule has 1 aromatic rings. The second-order valence-electron chi connectivity index (χ2n) is 3.30. The fourth-order valence-electron chi connectivity index (χ4n) is 1.34. The lowest BCUT2D eigenvalue weighted by atomic mass is 10.0. The van der Waals surface area contributed by atoms with Crippen molar-refractivity contribution in [1.82, 2.24) is 5.43 Å². The van der Waals surface area contributed by atoms with Crippen molar-refractivity contribution in [2.45, 2.75) is 18.6 Å². The summed E-state index contributed by atoms with van der Waals surface area (Å²) in [6, 6.07) is 0.255. The van der Waals surface area contributed by atoms with Crippen molar-refractivity contribution in [2.24, 2.45) is 5.84 Å². The lowest BCUT2D eigenvalue weighted by Crippen LogP contribution is -2.33. The topological polar surface area (TPSA) is 38.0 Å². The van der Waals surface area contributed by atoms with E-state index in [0.29, 0.717) is 0 Å². The van der Waals surface area contributed by atoms with Crippen LogP contribution in [0.5, 0.6) is 0 Å². The summed E-state index contributed by atoms with van der Waals surface area (Å²) in [7, 11) is 0. The van der Waals surface area contributed by atoms with Crippen LogP contribution in [0.4, 0.5) is 22.0 Å². The molecule has 0 fully saturated rings. The van der Waals surface area contributed by atoms with E-state index in [4.69, 9.17) is 5.84 Å². The van der Waals surface area contributed by atoms with E-state index in [0.717, 1.165) is 12.1 Å². The molecule has 3 N–H and O–H groups in total. The number of nitrogens with two attached hydrogens (primary N) is 1. The highest BCUT2D eigenvalue weighted by Crippen LogP contribution is 2.33. The van der Waals surface area contributed by atoms with Gasteiger partial charge in [-0.3, -0.25) is 11.3 Å². The first-order valence-electron chi connectivity index (χ1n) is 4.42. The Morgan fingerprint density at radius 3 is 2.35 bits per heavy atom. The van der Waals surface area contributed by atoms with Crippen LogP contribution in [0.2, 0.25) is 0 Å². The second-order valence-corrected chi connectivity index (χ2v) is 4.15. The van der Waals surface area contributed by atoms with Gasteiger partial charge in [-0.15, -0.1) is 0 Å². The monoisotopic (exact) mass is 318 g/mol. The fourth-order valence-corrected chi connectivity index (χ4v) is 1.68. The molecule has 0 saturated carbocycles. The third-order valence-electron chi connectivity index (χ3n) is 2.06. The second kappa shape index (κ2) is 5.28. The Morgan fingerprint density at radius 1 is 1.29 bits per heavy atom. The molecule has 0 aliphatic heterocycles. The average Bonchev–Trinajstić information content (AvgIpc) is 2.21. The summed E-state index contributed by atoms with van der Waals surface area (Å²) < 4.78 is 63.3. The molecule has 1 unspecified atom stereocenters. The van der Waals surface area contributed by atoms with Crippen molar-refractivity contribution in [2.75, 3.05) is 0 Å². The number of alkyl halides is 3. The van der Waals surface area contributed by atoms with Gasteiger partial charge in [-0.25, -0.2) is 8.78 Å². The van der Waals surface area contributed by atoms with E-state index in [9.17, 15) is 22.0 Å². The van der Waals surface area contributed by atoms with E-state index in [1.54, 1.807) is 5.43 Å². The summed E-state index contributed by atoms with van der Waals surface area (Å²) in [5.41, 5.74) is 1.03. The van der Waals surface area contributed by atoms with E-state index >= 15 is 0 Å². The minimum absolute atomic E-state index is 0.128. The van der Waals surface area contributed by atoms with Gasteiger partial charge in [0, 0.05) is 5.56 Å². The van der Waals surface area contributed by atoms with Gasteiger partial charge in [0.1, 0.15) is 11.6 Å². The van der Waals surface area contributed by atoms with Crippen molar-refractivity contribution < 1.29 is 22.0 Å². The smallest absolute Gasteiger partial charge is 0.271 e. The molecular weight excluding hydrogens is 311 g/mol. The fraction of sp³-hybridized carbons (Fsp3) is 0.333. The highest BCUT2D eigenvalue weighted by Gasteiger charge is 2.35. The standard InChI is InChI=1S/C9H8BrF5N2/c10-4-1-2-5(11)7(8(4)12)6(17-16)3-9(13,14)15/h1-2,6,17H,3,16H2. The number of benzene rings is 1. The maximum atomic E-state index is 13.5. The molecule has 0 bridgehead atoms. The van der Waals surface area contributed by atoms with E-state index in [2.05, 4.69) is 15.9 Å².